The summed E-state index contributed by atoms with van der Waals surface area (Å²) < 4.78 is 26.8. The van der Waals surface area contributed by atoms with Crippen molar-refractivity contribution in [3.8, 4) is 0 Å². The quantitative estimate of drug-likeness (QED) is 0.372. The van der Waals surface area contributed by atoms with E-state index in [1.165, 1.54) is 32.2 Å². The van der Waals surface area contributed by atoms with Crippen LogP contribution in [0, 0.1) is 0 Å². The number of fused-ring (bicyclic) bond motifs is 3. The molecule has 9 heteroatoms. The predicted octanol–water partition coefficient (Wildman–Crippen LogP) is 6.06. The number of nitrogens with one attached hydrogen (secondary N) is 2. The molecule has 2 N–H and O–H groups in total. The van der Waals surface area contributed by atoms with Gasteiger partial charge in [-0.3, -0.25) is 9.78 Å². The van der Waals surface area contributed by atoms with Crippen LogP contribution >= 0.6 is 23.2 Å². The van der Waals surface area contributed by atoms with Crippen LogP contribution in [0.2, 0.25) is 10.0 Å². The van der Waals surface area contributed by atoms with E-state index in [1.54, 1.807) is 24.5 Å². The molecule has 0 radical (unpaired) electrons. The maximum Gasteiger partial charge on any atom is 0.256 e. The van der Waals surface area contributed by atoms with E-state index in [4.69, 9.17) is 23.2 Å². The monoisotopic (exact) mass is 448 g/mol. The van der Waals surface area contributed by atoms with Crippen molar-refractivity contribution in [1.82, 2.24) is 15.0 Å². The molecule has 4 rings (SSSR count). The average Bonchev–Trinajstić information content (AvgIpc) is 2.70. The Balaban J connectivity index is 1.89. The van der Waals surface area contributed by atoms with Gasteiger partial charge in [0.2, 0.25) is 6.43 Å². The zero-order chi connectivity index (χ0) is 21.6. The summed E-state index contributed by atoms with van der Waals surface area (Å²) in [4.78, 5) is 23.8. The number of anilines is 2. The van der Waals surface area contributed by atoms with E-state index in [0.717, 1.165) is 0 Å². The van der Waals surface area contributed by atoms with E-state index in [0.29, 0.717) is 38.7 Å². The molecule has 1 aromatic carbocycles. The molecule has 0 atom stereocenters. The molecule has 0 spiro atoms. The molecule has 0 aliphatic carbocycles. The summed E-state index contributed by atoms with van der Waals surface area (Å²) in [5, 5.41) is 4.98. The normalized spacial score (nSPS) is 12.1. The van der Waals surface area contributed by atoms with Crippen LogP contribution in [0.3, 0.4) is 0 Å². The third kappa shape index (κ3) is 3.38. The largest absolute Gasteiger partial charge is 0.337 e. The molecule has 0 bridgehead atoms. The minimum Gasteiger partial charge on any atom is -0.337 e. The van der Waals surface area contributed by atoms with Crippen LogP contribution < -0.4 is 10.9 Å². The highest BCUT2D eigenvalue weighted by Crippen LogP contribution is 2.40. The lowest BCUT2D eigenvalue weighted by Gasteiger charge is -2.25. The van der Waals surface area contributed by atoms with Crippen LogP contribution in [0.4, 0.5) is 20.3 Å². The number of alkyl halides is 2. The van der Waals surface area contributed by atoms with E-state index in [2.05, 4.69) is 20.3 Å². The zero-order valence-electron chi connectivity index (χ0n) is 15.9. The van der Waals surface area contributed by atoms with Crippen LogP contribution in [-0.2, 0) is 5.41 Å². The lowest BCUT2D eigenvalue weighted by Crippen LogP contribution is -2.26. The summed E-state index contributed by atoms with van der Waals surface area (Å²) in [5.74, 6) is 0.361. The Morgan fingerprint density at radius 2 is 1.83 bits per heavy atom. The molecule has 0 unspecified atom stereocenters. The van der Waals surface area contributed by atoms with Crippen molar-refractivity contribution in [1.29, 1.82) is 0 Å². The Bertz CT molecular complexity index is 1310. The third-order valence-corrected chi connectivity index (χ3v) is 5.69. The zero-order valence-corrected chi connectivity index (χ0v) is 17.4. The van der Waals surface area contributed by atoms with Crippen LogP contribution in [-0.4, -0.2) is 21.4 Å². The van der Waals surface area contributed by atoms with Crippen molar-refractivity contribution in [2.24, 2.45) is 0 Å². The molecule has 0 aliphatic heterocycles. The minimum atomic E-state index is -2.59. The molecular weight excluding hydrogens is 433 g/mol. The summed E-state index contributed by atoms with van der Waals surface area (Å²) in [7, 11) is 0. The SMILES string of the molecule is CC(C)(c1cc(Cl)c(Nc2nc3ccncc3c3c(=O)[nH]ccc23)c(Cl)c1)C(F)F. The number of rotatable bonds is 4. The van der Waals surface area contributed by atoms with Gasteiger partial charge < -0.3 is 10.3 Å². The van der Waals surface area contributed by atoms with Crippen molar-refractivity contribution in [3.63, 3.8) is 0 Å². The van der Waals surface area contributed by atoms with Crippen LogP contribution in [0.15, 0.2) is 47.7 Å². The van der Waals surface area contributed by atoms with Crippen molar-refractivity contribution in [3.05, 3.63) is 68.8 Å². The van der Waals surface area contributed by atoms with Gasteiger partial charge >= 0.3 is 0 Å². The summed E-state index contributed by atoms with van der Waals surface area (Å²) in [6.07, 6.45) is 2.07. The molecule has 0 saturated heterocycles. The van der Waals surface area contributed by atoms with Gasteiger partial charge in [0.15, 0.2) is 0 Å². The smallest absolute Gasteiger partial charge is 0.256 e. The van der Waals surface area contributed by atoms with Crippen LogP contribution in [0.5, 0.6) is 0 Å². The number of halogens is 4. The summed E-state index contributed by atoms with van der Waals surface area (Å²) in [5.41, 5.74) is -0.520. The minimum absolute atomic E-state index is 0.167. The van der Waals surface area contributed by atoms with Gasteiger partial charge in [-0.25, -0.2) is 13.8 Å². The fourth-order valence-corrected chi connectivity index (χ4v) is 3.79. The standard InChI is InChI=1S/C21H16Cl2F2N4O/c1-21(2,20(24)25)10-7-13(22)17(14(23)8-10)29-18-11-3-6-27-19(30)16(11)12-9-26-5-4-15(12)28-18/h3-9,20H,1-2H3,(H,27,30)(H,28,29). The van der Waals surface area contributed by atoms with E-state index in [9.17, 15) is 13.6 Å². The number of nitrogens with zero attached hydrogens (tertiary/aromatic N) is 2. The van der Waals surface area contributed by atoms with Gasteiger partial charge in [0.25, 0.3) is 5.56 Å². The highest BCUT2D eigenvalue weighted by atomic mass is 35.5. The Morgan fingerprint density at radius 1 is 1.13 bits per heavy atom. The molecule has 30 heavy (non-hydrogen) atoms. The first-order valence-electron chi connectivity index (χ1n) is 9.00. The van der Waals surface area contributed by atoms with E-state index in [1.807, 2.05) is 0 Å². The number of hydrogen-bond donors (Lipinski definition) is 2. The molecule has 154 valence electrons. The number of hydrogen-bond acceptors (Lipinski definition) is 4. The first-order chi connectivity index (χ1) is 14.2. The molecule has 0 saturated carbocycles. The van der Waals surface area contributed by atoms with Gasteiger partial charge in [-0.15, -0.1) is 0 Å². The second-order valence-electron chi connectivity index (χ2n) is 7.41. The van der Waals surface area contributed by atoms with Crippen molar-refractivity contribution >= 4 is 56.4 Å². The Morgan fingerprint density at radius 3 is 2.50 bits per heavy atom. The molecule has 5 nitrogen and oxygen atoms in total. The summed E-state index contributed by atoms with van der Waals surface area (Å²) in [6.45, 7) is 2.84. The van der Waals surface area contributed by atoms with Gasteiger partial charge in [-0.2, -0.15) is 0 Å². The van der Waals surface area contributed by atoms with Crippen molar-refractivity contribution in [2.45, 2.75) is 25.7 Å². The lowest BCUT2D eigenvalue weighted by molar-refractivity contribution is 0.0694. The average molecular weight is 449 g/mol. The highest BCUT2D eigenvalue weighted by molar-refractivity contribution is 6.39. The number of pyridine rings is 3. The van der Waals surface area contributed by atoms with Crippen LogP contribution in [0.1, 0.15) is 19.4 Å². The van der Waals surface area contributed by atoms with E-state index < -0.39 is 11.8 Å². The Labute approximate surface area is 180 Å². The number of H-pyrrole nitrogens is 1. The van der Waals surface area contributed by atoms with Gasteiger partial charge in [-0.05, 0) is 29.8 Å². The Hall–Kier alpha value is -2.77. The first kappa shape index (κ1) is 20.5. The highest BCUT2D eigenvalue weighted by Gasteiger charge is 2.32. The molecule has 0 fully saturated rings. The summed E-state index contributed by atoms with van der Waals surface area (Å²) in [6, 6.07) is 6.31. The molecule has 4 aromatic rings. The van der Waals surface area contributed by atoms with E-state index >= 15 is 0 Å². The van der Waals surface area contributed by atoms with Gasteiger partial charge in [0, 0.05) is 29.4 Å². The number of aromatic nitrogens is 3. The molecule has 3 aromatic heterocycles. The molecule has 0 amide bonds. The topological polar surface area (TPSA) is 70.7 Å². The maximum atomic E-state index is 13.4. The van der Waals surface area contributed by atoms with Gasteiger partial charge in [0.1, 0.15) is 5.82 Å². The fraction of sp³-hybridized carbons (Fsp3) is 0.190. The lowest BCUT2D eigenvalue weighted by atomic mass is 9.85. The van der Waals surface area contributed by atoms with E-state index in [-0.39, 0.29) is 15.6 Å². The fourth-order valence-electron chi connectivity index (χ4n) is 3.21. The predicted molar refractivity (Wildman–Crippen MR) is 116 cm³/mol. The number of aromatic amines is 1. The molecule has 0 aliphatic rings. The Kier molecular flexibility index (Phi) is 5.11. The van der Waals surface area contributed by atoms with Crippen molar-refractivity contribution in [2.75, 3.05) is 5.32 Å². The third-order valence-electron chi connectivity index (χ3n) is 5.09. The molecule has 3 heterocycles. The molecular formula is C21H16Cl2F2N4O. The second kappa shape index (κ2) is 7.49. The maximum absolute atomic E-state index is 13.4. The summed E-state index contributed by atoms with van der Waals surface area (Å²) >= 11 is 12.8. The van der Waals surface area contributed by atoms with Gasteiger partial charge in [-0.1, -0.05) is 37.0 Å². The first-order valence-corrected chi connectivity index (χ1v) is 9.75. The second-order valence-corrected chi connectivity index (χ2v) is 8.23. The van der Waals surface area contributed by atoms with Crippen molar-refractivity contribution < 1.29 is 8.78 Å². The number of benzene rings is 1. The van der Waals surface area contributed by atoms with Crippen LogP contribution in [0.25, 0.3) is 21.7 Å². The van der Waals surface area contributed by atoms with Gasteiger partial charge in [0.05, 0.1) is 32.1 Å².